The van der Waals surface area contributed by atoms with Gasteiger partial charge in [0.2, 0.25) is 0 Å². The van der Waals surface area contributed by atoms with Crippen LogP contribution in [0.15, 0.2) is 47.4 Å². The SMILES string of the molecule is Cc1ccc(C(=O)OCCN2C(=O)c3ccccc3S2(=O)=O)cc1F. The molecule has 8 heteroatoms. The van der Waals surface area contributed by atoms with Crippen molar-refractivity contribution in [3.05, 3.63) is 65.0 Å². The Morgan fingerprint density at radius 3 is 2.60 bits per heavy atom. The summed E-state index contributed by atoms with van der Waals surface area (Å²) in [5, 5.41) is 0. The van der Waals surface area contributed by atoms with E-state index in [2.05, 4.69) is 0 Å². The van der Waals surface area contributed by atoms with Crippen molar-refractivity contribution < 1.29 is 27.1 Å². The maximum absolute atomic E-state index is 13.5. The van der Waals surface area contributed by atoms with E-state index in [0.717, 1.165) is 6.07 Å². The number of fused-ring (bicyclic) bond motifs is 1. The number of hydrogen-bond acceptors (Lipinski definition) is 5. The Morgan fingerprint density at radius 2 is 1.92 bits per heavy atom. The molecule has 2 aromatic carbocycles. The molecule has 0 aromatic heterocycles. The van der Waals surface area contributed by atoms with Crippen LogP contribution in [0, 0.1) is 12.7 Å². The second kappa shape index (κ2) is 6.29. The van der Waals surface area contributed by atoms with Gasteiger partial charge in [-0.1, -0.05) is 18.2 Å². The summed E-state index contributed by atoms with van der Waals surface area (Å²) in [7, 11) is -3.94. The zero-order valence-corrected chi connectivity index (χ0v) is 14.0. The van der Waals surface area contributed by atoms with Crippen molar-refractivity contribution in [2.24, 2.45) is 0 Å². The van der Waals surface area contributed by atoms with Gasteiger partial charge in [-0.25, -0.2) is 21.9 Å². The quantitative estimate of drug-likeness (QED) is 0.778. The highest BCUT2D eigenvalue weighted by atomic mass is 32.2. The van der Waals surface area contributed by atoms with Crippen LogP contribution in [0.3, 0.4) is 0 Å². The maximum Gasteiger partial charge on any atom is 0.338 e. The number of carbonyl (C=O) groups excluding carboxylic acids is 2. The highest BCUT2D eigenvalue weighted by Gasteiger charge is 2.40. The van der Waals surface area contributed by atoms with E-state index >= 15 is 0 Å². The summed E-state index contributed by atoms with van der Waals surface area (Å²) in [6.07, 6.45) is 0. The van der Waals surface area contributed by atoms with Gasteiger partial charge in [0.05, 0.1) is 17.7 Å². The Balaban J connectivity index is 1.68. The molecule has 0 N–H and O–H groups in total. The van der Waals surface area contributed by atoms with Crippen molar-refractivity contribution in [3.63, 3.8) is 0 Å². The monoisotopic (exact) mass is 363 g/mol. The number of hydrogen-bond donors (Lipinski definition) is 0. The van der Waals surface area contributed by atoms with Gasteiger partial charge in [-0.05, 0) is 36.8 Å². The van der Waals surface area contributed by atoms with E-state index in [0.29, 0.717) is 9.87 Å². The lowest BCUT2D eigenvalue weighted by Crippen LogP contribution is -2.33. The lowest BCUT2D eigenvalue weighted by Gasteiger charge is -2.15. The summed E-state index contributed by atoms with van der Waals surface area (Å²) in [6, 6.07) is 9.78. The Labute approximate surface area is 143 Å². The lowest BCUT2D eigenvalue weighted by atomic mass is 10.1. The largest absolute Gasteiger partial charge is 0.460 e. The lowest BCUT2D eigenvalue weighted by molar-refractivity contribution is 0.0477. The number of halogens is 1. The highest BCUT2D eigenvalue weighted by molar-refractivity contribution is 7.90. The van der Waals surface area contributed by atoms with Gasteiger partial charge in [-0.3, -0.25) is 4.79 Å². The number of rotatable bonds is 4. The van der Waals surface area contributed by atoms with E-state index in [1.807, 2.05) is 0 Å². The summed E-state index contributed by atoms with van der Waals surface area (Å²) in [4.78, 5) is 24.0. The fraction of sp³-hybridized carbons (Fsp3) is 0.176. The number of amides is 1. The molecule has 0 radical (unpaired) electrons. The van der Waals surface area contributed by atoms with Crippen LogP contribution in [-0.2, 0) is 14.8 Å². The third kappa shape index (κ3) is 3.00. The van der Waals surface area contributed by atoms with E-state index in [4.69, 9.17) is 4.74 Å². The van der Waals surface area contributed by atoms with Gasteiger partial charge in [-0.15, -0.1) is 0 Å². The number of ether oxygens (including phenoxy) is 1. The first-order chi connectivity index (χ1) is 11.8. The second-order valence-electron chi connectivity index (χ2n) is 5.48. The molecule has 1 heterocycles. The summed E-state index contributed by atoms with van der Waals surface area (Å²) in [5.41, 5.74) is 0.500. The van der Waals surface area contributed by atoms with Crippen LogP contribution in [0.2, 0.25) is 0 Å². The minimum atomic E-state index is -3.94. The van der Waals surface area contributed by atoms with Crippen LogP contribution in [0.4, 0.5) is 4.39 Å². The number of nitrogens with zero attached hydrogens (tertiary/aromatic N) is 1. The average molecular weight is 363 g/mol. The van der Waals surface area contributed by atoms with Crippen LogP contribution in [0.5, 0.6) is 0 Å². The fourth-order valence-corrected chi connectivity index (χ4v) is 4.03. The smallest absolute Gasteiger partial charge is 0.338 e. The van der Waals surface area contributed by atoms with Crippen LogP contribution in [0.1, 0.15) is 26.3 Å². The molecule has 130 valence electrons. The van der Waals surface area contributed by atoms with Crippen molar-refractivity contribution >= 4 is 21.9 Å². The molecule has 0 bridgehead atoms. The molecule has 1 aliphatic rings. The predicted molar refractivity (Wildman–Crippen MR) is 86.1 cm³/mol. The van der Waals surface area contributed by atoms with E-state index in [-0.39, 0.29) is 29.2 Å². The molecule has 0 fully saturated rings. The Hall–Kier alpha value is -2.74. The molecule has 6 nitrogen and oxygen atoms in total. The highest BCUT2D eigenvalue weighted by Crippen LogP contribution is 2.29. The molecule has 0 unspecified atom stereocenters. The van der Waals surface area contributed by atoms with Crippen molar-refractivity contribution in [1.29, 1.82) is 0 Å². The van der Waals surface area contributed by atoms with Gasteiger partial charge >= 0.3 is 5.97 Å². The van der Waals surface area contributed by atoms with Gasteiger partial charge in [0.15, 0.2) is 0 Å². The van der Waals surface area contributed by atoms with E-state index in [1.165, 1.54) is 30.3 Å². The number of aryl methyl sites for hydroxylation is 1. The molecule has 0 saturated heterocycles. The number of carbonyl (C=O) groups is 2. The molecule has 0 saturated carbocycles. The van der Waals surface area contributed by atoms with Crippen molar-refractivity contribution in [2.45, 2.75) is 11.8 Å². The standard InChI is InChI=1S/C17H14FNO5S/c1-11-6-7-12(10-14(11)18)17(21)24-9-8-19-16(20)13-4-2-3-5-15(13)25(19,22)23/h2-7,10H,8-9H2,1H3. The molecule has 0 aliphatic carbocycles. The van der Waals surface area contributed by atoms with Gasteiger partial charge in [-0.2, -0.15) is 0 Å². The third-order valence-electron chi connectivity index (χ3n) is 3.85. The first kappa shape index (κ1) is 17.1. The average Bonchev–Trinajstić information content (AvgIpc) is 2.78. The summed E-state index contributed by atoms with van der Waals surface area (Å²) < 4.78 is 43.8. The Bertz CT molecular complexity index is 971. The third-order valence-corrected chi connectivity index (χ3v) is 5.69. The fourth-order valence-electron chi connectivity index (χ4n) is 2.48. The number of sulfonamides is 1. The van der Waals surface area contributed by atoms with Gasteiger partial charge < -0.3 is 4.74 Å². The number of benzene rings is 2. The summed E-state index contributed by atoms with van der Waals surface area (Å²) in [6.45, 7) is 0.926. The minimum Gasteiger partial charge on any atom is -0.460 e. The van der Waals surface area contributed by atoms with Crippen molar-refractivity contribution in [1.82, 2.24) is 4.31 Å². The first-order valence-electron chi connectivity index (χ1n) is 7.42. The molecule has 1 aliphatic heterocycles. The normalized spacial score (nSPS) is 15.1. The zero-order valence-electron chi connectivity index (χ0n) is 13.2. The molecular weight excluding hydrogens is 349 g/mol. The predicted octanol–water partition coefficient (Wildman–Crippen LogP) is 2.14. The van der Waals surface area contributed by atoms with Crippen molar-refractivity contribution in [3.8, 4) is 0 Å². The molecule has 0 atom stereocenters. The van der Waals surface area contributed by atoms with Gasteiger partial charge in [0.25, 0.3) is 15.9 Å². The van der Waals surface area contributed by atoms with Crippen molar-refractivity contribution in [2.75, 3.05) is 13.2 Å². The number of esters is 1. The first-order valence-corrected chi connectivity index (χ1v) is 8.86. The Morgan fingerprint density at radius 1 is 1.20 bits per heavy atom. The van der Waals surface area contributed by atoms with Gasteiger partial charge in [0, 0.05) is 0 Å². The van der Waals surface area contributed by atoms with Crippen LogP contribution < -0.4 is 0 Å². The molecule has 2 aromatic rings. The van der Waals surface area contributed by atoms with Gasteiger partial charge in [0.1, 0.15) is 17.3 Å². The topological polar surface area (TPSA) is 80.8 Å². The Kier molecular flexibility index (Phi) is 4.30. The molecular formula is C17H14FNO5S. The molecule has 25 heavy (non-hydrogen) atoms. The van der Waals surface area contributed by atoms with E-state index in [9.17, 15) is 22.4 Å². The van der Waals surface area contributed by atoms with Crippen LogP contribution in [0.25, 0.3) is 0 Å². The second-order valence-corrected chi connectivity index (χ2v) is 7.31. The maximum atomic E-state index is 13.5. The van der Waals surface area contributed by atoms with Crippen LogP contribution >= 0.6 is 0 Å². The summed E-state index contributed by atoms with van der Waals surface area (Å²) in [5.74, 6) is -1.99. The molecule has 0 spiro atoms. The molecule has 3 rings (SSSR count). The minimum absolute atomic E-state index is 0.0157. The molecule has 1 amide bonds. The van der Waals surface area contributed by atoms with E-state index in [1.54, 1.807) is 13.0 Å². The summed E-state index contributed by atoms with van der Waals surface area (Å²) >= 11 is 0. The zero-order chi connectivity index (χ0) is 18.2. The van der Waals surface area contributed by atoms with E-state index < -0.39 is 27.7 Å². The van der Waals surface area contributed by atoms with Crippen LogP contribution in [-0.4, -0.2) is 37.8 Å².